The van der Waals surface area contributed by atoms with Crippen LogP contribution in [0.4, 0.5) is 5.69 Å². The molecule has 2 amide bonds. The summed E-state index contributed by atoms with van der Waals surface area (Å²) in [5.41, 5.74) is 0.606. The SMILES string of the molecule is CCN(CCO)C(=O)CN1C(=O)C(C)Oc2ccccc21. The average Bonchev–Trinajstić information content (AvgIpc) is 2.49. The third-order valence-corrected chi connectivity index (χ3v) is 3.47. The van der Waals surface area contributed by atoms with Gasteiger partial charge in [0.05, 0.1) is 12.3 Å². The number of hydrogen-bond acceptors (Lipinski definition) is 4. The van der Waals surface area contributed by atoms with Crippen LogP contribution >= 0.6 is 0 Å². The molecule has 6 heteroatoms. The standard InChI is InChI=1S/C15H20N2O4/c1-3-16(8-9-18)14(19)10-17-12-6-4-5-7-13(12)21-11(2)15(17)20/h4-7,11,18H,3,8-10H2,1-2H3. The van der Waals surface area contributed by atoms with E-state index in [1.165, 1.54) is 9.80 Å². The molecular weight excluding hydrogens is 272 g/mol. The number of carbonyl (C=O) groups is 2. The number of ether oxygens (including phenoxy) is 1. The topological polar surface area (TPSA) is 70.1 Å². The van der Waals surface area contributed by atoms with Gasteiger partial charge in [-0.1, -0.05) is 12.1 Å². The molecule has 0 fully saturated rings. The molecular formula is C15H20N2O4. The summed E-state index contributed by atoms with van der Waals surface area (Å²) in [4.78, 5) is 27.5. The summed E-state index contributed by atoms with van der Waals surface area (Å²) >= 11 is 0. The molecule has 114 valence electrons. The number of likely N-dealkylation sites (N-methyl/N-ethyl adjacent to an activating group) is 1. The summed E-state index contributed by atoms with van der Waals surface area (Å²) in [6.07, 6.45) is -0.611. The number of amides is 2. The second-order valence-corrected chi connectivity index (χ2v) is 4.85. The highest BCUT2D eigenvalue weighted by molar-refractivity contribution is 6.03. The molecule has 1 N–H and O–H groups in total. The van der Waals surface area contributed by atoms with Crippen molar-refractivity contribution in [3.8, 4) is 5.75 Å². The zero-order chi connectivity index (χ0) is 15.4. The highest BCUT2D eigenvalue weighted by Crippen LogP contribution is 2.33. The molecule has 1 aromatic rings. The van der Waals surface area contributed by atoms with Crippen LogP contribution in [0.1, 0.15) is 13.8 Å². The summed E-state index contributed by atoms with van der Waals surface area (Å²) in [5, 5.41) is 8.98. The molecule has 0 saturated carbocycles. The van der Waals surface area contributed by atoms with E-state index < -0.39 is 6.10 Å². The molecule has 1 heterocycles. The Morgan fingerprint density at radius 3 is 2.81 bits per heavy atom. The first kappa shape index (κ1) is 15.3. The van der Waals surface area contributed by atoms with Gasteiger partial charge >= 0.3 is 0 Å². The van der Waals surface area contributed by atoms with Crippen molar-refractivity contribution in [2.75, 3.05) is 31.1 Å². The second-order valence-electron chi connectivity index (χ2n) is 4.85. The van der Waals surface area contributed by atoms with Crippen LogP contribution in [0.15, 0.2) is 24.3 Å². The Labute approximate surface area is 123 Å². The minimum atomic E-state index is -0.611. The number of nitrogens with zero attached hydrogens (tertiary/aromatic N) is 2. The largest absolute Gasteiger partial charge is 0.479 e. The fourth-order valence-electron chi connectivity index (χ4n) is 2.34. The fourth-order valence-corrected chi connectivity index (χ4v) is 2.34. The maximum Gasteiger partial charge on any atom is 0.268 e. The Morgan fingerprint density at radius 1 is 1.43 bits per heavy atom. The zero-order valence-corrected chi connectivity index (χ0v) is 12.3. The third-order valence-electron chi connectivity index (χ3n) is 3.47. The third kappa shape index (κ3) is 3.16. The predicted molar refractivity (Wildman–Crippen MR) is 78.2 cm³/mol. The molecule has 2 rings (SSSR count). The molecule has 0 aromatic heterocycles. The van der Waals surface area contributed by atoms with Gasteiger partial charge in [-0.25, -0.2) is 0 Å². The van der Waals surface area contributed by atoms with Crippen molar-refractivity contribution in [2.45, 2.75) is 20.0 Å². The van der Waals surface area contributed by atoms with Crippen LogP contribution in [0, 0.1) is 0 Å². The second kappa shape index (κ2) is 6.58. The summed E-state index contributed by atoms with van der Waals surface area (Å²) in [5.74, 6) is 0.175. The smallest absolute Gasteiger partial charge is 0.268 e. The number of anilines is 1. The molecule has 0 spiro atoms. The Bertz CT molecular complexity index is 532. The van der Waals surface area contributed by atoms with Crippen molar-refractivity contribution in [3.63, 3.8) is 0 Å². The van der Waals surface area contributed by atoms with E-state index in [1.807, 2.05) is 13.0 Å². The van der Waals surface area contributed by atoms with Gasteiger partial charge in [0.1, 0.15) is 12.3 Å². The molecule has 0 aliphatic carbocycles. The van der Waals surface area contributed by atoms with Crippen LogP contribution in [-0.2, 0) is 9.59 Å². The maximum absolute atomic E-state index is 12.3. The summed E-state index contributed by atoms with van der Waals surface area (Å²) in [7, 11) is 0. The predicted octanol–water partition coefficient (Wildman–Crippen LogP) is 0.641. The van der Waals surface area contributed by atoms with Gasteiger partial charge in [-0.05, 0) is 26.0 Å². The van der Waals surface area contributed by atoms with Crippen molar-refractivity contribution in [2.24, 2.45) is 0 Å². The normalized spacial score (nSPS) is 17.2. The van der Waals surface area contributed by atoms with Crippen LogP contribution in [0.25, 0.3) is 0 Å². The Balaban J connectivity index is 2.22. The van der Waals surface area contributed by atoms with Crippen molar-refractivity contribution < 1.29 is 19.4 Å². The van der Waals surface area contributed by atoms with E-state index in [9.17, 15) is 9.59 Å². The van der Waals surface area contributed by atoms with E-state index in [2.05, 4.69) is 0 Å². The molecule has 1 aromatic carbocycles. The quantitative estimate of drug-likeness (QED) is 0.864. The number of rotatable bonds is 5. The Hall–Kier alpha value is -2.08. The maximum atomic E-state index is 12.3. The van der Waals surface area contributed by atoms with E-state index >= 15 is 0 Å². The first-order chi connectivity index (χ1) is 10.1. The lowest BCUT2D eigenvalue weighted by atomic mass is 10.2. The van der Waals surface area contributed by atoms with E-state index in [1.54, 1.807) is 25.1 Å². The molecule has 0 radical (unpaired) electrons. The Morgan fingerprint density at radius 2 is 2.14 bits per heavy atom. The molecule has 1 aliphatic heterocycles. The number of carbonyl (C=O) groups excluding carboxylic acids is 2. The highest BCUT2D eigenvalue weighted by atomic mass is 16.5. The first-order valence-corrected chi connectivity index (χ1v) is 7.04. The van der Waals surface area contributed by atoms with E-state index in [-0.39, 0.29) is 31.5 Å². The molecule has 21 heavy (non-hydrogen) atoms. The Kier molecular flexibility index (Phi) is 4.80. The van der Waals surface area contributed by atoms with Gasteiger partial charge in [-0.2, -0.15) is 0 Å². The molecule has 1 unspecified atom stereocenters. The molecule has 6 nitrogen and oxygen atoms in total. The van der Waals surface area contributed by atoms with Gasteiger partial charge in [0.25, 0.3) is 5.91 Å². The number of benzene rings is 1. The number of hydrogen-bond donors (Lipinski definition) is 1. The van der Waals surface area contributed by atoms with Gasteiger partial charge in [-0.15, -0.1) is 0 Å². The lowest BCUT2D eigenvalue weighted by molar-refractivity contribution is -0.133. The number of para-hydroxylation sites is 2. The van der Waals surface area contributed by atoms with Crippen LogP contribution in [0.2, 0.25) is 0 Å². The van der Waals surface area contributed by atoms with Crippen LogP contribution in [0.3, 0.4) is 0 Å². The summed E-state index contributed by atoms with van der Waals surface area (Å²) in [6.45, 7) is 4.13. The summed E-state index contributed by atoms with van der Waals surface area (Å²) in [6, 6.07) is 7.16. The van der Waals surface area contributed by atoms with Crippen molar-refractivity contribution in [1.29, 1.82) is 0 Å². The van der Waals surface area contributed by atoms with Crippen molar-refractivity contribution >= 4 is 17.5 Å². The summed E-state index contributed by atoms with van der Waals surface area (Å²) < 4.78 is 5.53. The van der Waals surface area contributed by atoms with Crippen molar-refractivity contribution in [1.82, 2.24) is 4.90 Å². The monoisotopic (exact) mass is 292 g/mol. The zero-order valence-electron chi connectivity index (χ0n) is 12.3. The fraction of sp³-hybridized carbons (Fsp3) is 0.467. The van der Waals surface area contributed by atoms with Gasteiger partial charge < -0.3 is 14.7 Å². The number of aliphatic hydroxyl groups is 1. The average molecular weight is 292 g/mol. The lowest BCUT2D eigenvalue weighted by Gasteiger charge is -2.33. The molecule has 0 bridgehead atoms. The van der Waals surface area contributed by atoms with Gasteiger partial charge in [-0.3, -0.25) is 14.5 Å². The number of fused-ring (bicyclic) bond motifs is 1. The van der Waals surface area contributed by atoms with E-state index in [0.29, 0.717) is 18.0 Å². The molecule has 1 aliphatic rings. The van der Waals surface area contributed by atoms with Crippen LogP contribution in [0.5, 0.6) is 5.75 Å². The highest BCUT2D eigenvalue weighted by Gasteiger charge is 2.33. The van der Waals surface area contributed by atoms with Gasteiger partial charge in [0.15, 0.2) is 6.10 Å². The first-order valence-electron chi connectivity index (χ1n) is 7.04. The molecule has 0 saturated heterocycles. The van der Waals surface area contributed by atoms with E-state index in [0.717, 1.165) is 0 Å². The van der Waals surface area contributed by atoms with E-state index in [4.69, 9.17) is 9.84 Å². The minimum Gasteiger partial charge on any atom is -0.479 e. The number of aliphatic hydroxyl groups excluding tert-OH is 1. The van der Waals surface area contributed by atoms with Crippen LogP contribution in [-0.4, -0.2) is 54.2 Å². The van der Waals surface area contributed by atoms with Crippen molar-refractivity contribution in [3.05, 3.63) is 24.3 Å². The van der Waals surface area contributed by atoms with Crippen LogP contribution < -0.4 is 9.64 Å². The molecule has 1 atom stereocenters. The van der Waals surface area contributed by atoms with Gasteiger partial charge in [0, 0.05) is 13.1 Å². The minimum absolute atomic E-state index is 0.0443. The lowest BCUT2D eigenvalue weighted by Crippen LogP contribution is -2.50. The van der Waals surface area contributed by atoms with Gasteiger partial charge in [0.2, 0.25) is 5.91 Å².